The van der Waals surface area contributed by atoms with E-state index in [0.29, 0.717) is 41.9 Å². The molecule has 3 rings (SSSR count). The van der Waals surface area contributed by atoms with Crippen molar-refractivity contribution >= 4 is 17.5 Å². The van der Waals surface area contributed by atoms with E-state index in [9.17, 15) is 4.79 Å². The van der Waals surface area contributed by atoms with Gasteiger partial charge in [-0.05, 0) is 30.3 Å². The van der Waals surface area contributed by atoms with Crippen LogP contribution in [0.4, 0.5) is 16.3 Å². The number of amides is 2. The zero-order valence-electron chi connectivity index (χ0n) is 15.5. The third-order valence-electron chi connectivity index (χ3n) is 3.75. The number of carbonyl (C=O) groups is 1. The molecule has 2 heterocycles. The molecule has 2 amide bonds. The van der Waals surface area contributed by atoms with E-state index in [0.717, 1.165) is 0 Å². The molecule has 0 aliphatic carbocycles. The van der Waals surface area contributed by atoms with Crippen LogP contribution in [0.3, 0.4) is 0 Å². The molecule has 0 atom stereocenters. The molecule has 0 bridgehead atoms. The van der Waals surface area contributed by atoms with Gasteiger partial charge in [0.25, 0.3) is 0 Å². The predicted octanol–water partition coefficient (Wildman–Crippen LogP) is 1.91. The van der Waals surface area contributed by atoms with Crippen LogP contribution in [0.15, 0.2) is 48.8 Å². The number of hydrogen-bond donors (Lipinski definition) is 3. The van der Waals surface area contributed by atoms with E-state index < -0.39 is 0 Å². The van der Waals surface area contributed by atoms with Crippen molar-refractivity contribution in [2.24, 2.45) is 0 Å². The molecule has 0 unspecified atom stereocenters. The van der Waals surface area contributed by atoms with E-state index in [4.69, 9.17) is 9.47 Å². The maximum absolute atomic E-state index is 12.0. The van der Waals surface area contributed by atoms with Crippen LogP contribution in [0.1, 0.15) is 0 Å². The first-order valence-electron chi connectivity index (χ1n) is 8.54. The van der Waals surface area contributed by atoms with Crippen molar-refractivity contribution in [1.29, 1.82) is 0 Å². The van der Waals surface area contributed by atoms with Crippen LogP contribution in [0.2, 0.25) is 0 Å². The van der Waals surface area contributed by atoms with E-state index in [1.807, 2.05) is 6.07 Å². The molecule has 0 radical (unpaired) electrons. The third-order valence-corrected chi connectivity index (χ3v) is 3.75. The molecule has 3 N–H and O–H groups in total. The Labute approximate surface area is 161 Å². The number of anilines is 2. The fourth-order valence-corrected chi connectivity index (χ4v) is 2.40. The molecule has 0 saturated carbocycles. The Hall–Kier alpha value is -3.82. The van der Waals surface area contributed by atoms with Gasteiger partial charge in [0, 0.05) is 37.2 Å². The van der Waals surface area contributed by atoms with Gasteiger partial charge in [-0.1, -0.05) is 0 Å². The van der Waals surface area contributed by atoms with Gasteiger partial charge < -0.3 is 25.4 Å². The van der Waals surface area contributed by atoms with Crippen molar-refractivity contribution in [2.75, 3.05) is 37.9 Å². The van der Waals surface area contributed by atoms with Crippen LogP contribution in [0, 0.1) is 0 Å². The Morgan fingerprint density at radius 2 is 1.93 bits per heavy atom. The molecule has 0 aliphatic rings. The van der Waals surface area contributed by atoms with Crippen molar-refractivity contribution in [3.63, 3.8) is 0 Å². The number of hydrogen-bond acceptors (Lipinski definition) is 7. The quantitative estimate of drug-likeness (QED) is 0.509. The summed E-state index contributed by atoms with van der Waals surface area (Å²) in [5.74, 6) is 2.37. The van der Waals surface area contributed by atoms with E-state index >= 15 is 0 Å². The molecule has 0 fully saturated rings. The summed E-state index contributed by atoms with van der Waals surface area (Å²) in [6.45, 7) is 0.900. The van der Waals surface area contributed by atoms with E-state index in [1.165, 1.54) is 7.11 Å². The van der Waals surface area contributed by atoms with Gasteiger partial charge in [0.1, 0.15) is 5.82 Å². The van der Waals surface area contributed by atoms with Crippen LogP contribution in [-0.4, -0.2) is 53.3 Å². The number of urea groups is 1. The number of aromatic nitrogens is 4. The summed E-state index contributed by atoms with van der Waals surface area (Å²) in [6, 6.07) is 10.2. The Kier molecular flexibility index (Phi) is 6.24. The van der Waals surface area contributed by atoms with E-state index in [1.54, 1.807) is 54.5 Å². The number of rotatable bonds is 8. The largest absolute Gasteiger partial charge is 0.493 e. The lowest BCUT2D eigenvalue weighted by molar-refractivity contribution is 0.252. The zero-order chi connectivity index (χ0) is 19.8. The molecule has 0 aliphatic heterocycles. The lowest BCUT2D eigenvalue weighted by Gasteiger charge is -2.11. The Morgan fingerprint density at radius 3 is 2.61 bits per heavy atom. The fourth-order valence-electron chi connectivity index (χ4n) is 2.40. The number of methoxy groups -OCH3 is 2. The van der Waals surface area contributed by atoms with Crippen LogP contribution in [0.25, 0.3) is 5.82 Å². The number of nitrogens with zero attached hydrogens (tertiary/aromatic N) is 4. The minimum Gasteiger partial charge on any atom is -0.493 e. The van der Waals surface area contributed by atoms with Crippen molar-refractivity contribution < 1.29 is 14.3 Å². The molecule has 3 aromatic rings. The van der Waals surface area contributed by atoms with Crippen LogP contribution >= 0.6 is 0 Å². The van der Waals surface area contributed by atoms with Gasteiger partial charge >= 0.3 is 6.03 Å². The second-order valence-corrected chi connectivity index (χ2v) is 5.60. The molecule has 2 aromatic heterocycles. The summed E-state index contributed by atoms with van der Waals surface area (Å²) in [6.07, 6.45) is 3.46. The van der Waals surface area contributed by atoms with Gasteiger partial charge in [0.15, 0.2) is 17.3 Å². The van der Waals surface area contributed by atoms with Gasteiger partial charge in [-0.15, -0.1) is 10.2 Å². The first-order valence-corrected chi connectivity index (χ1v) is 8.54. The van der Waals surface area contributed by atoms with Crippen molar-refractivity contribution in [3.05, 3.63) is 48.8 Å². The molecule has 146 valence electrons. The van der Waals surface area contributed by atoms with Crippen LogP contribution in [-0.2, 0) is 0 Å². The van der Waals surface area contributed by atoms with Crippen LogP contribution < -0.4 is 25.4 Å². The molecule has 0 saturated heterocycles. The second kappa shape index (κ2) is 9.21. The van der Waals surface area contributed by atoms with Crippen molar-refractivity contribution in [1.82, 2.24) is 25.3 Å². The number of nitrogens with one attached hydrogen (secondary N) is 3. The zero-order valence-corrected chi connectivity index (χ0v) is 15.5. The average molecular weight is 383 g/mol. The van der Waals surface area contributed by atoms with Gasteiger partial charge in [-0.25, -0.2) is 9.48 Å². The van der Waals surface area contributed by atoms with Crippen LogP contribution in [0.5, 0.6) is 11.5 Å². The monoisotopic (exact) mass is 383 g/mol. The van der Waals surface area contributed by atoms with Crippen molar-refractivity contribution in [2.45, 2.75) is 0 Å². The average Bonchev–Trinajstić information content (AvgIpc) is 3.26. The smallest absolute Gasteiger partial charge is 0.319 e. The van der Waals surface area contributed by atoms with Gasteiger partial charge in [0.2, 0.25) is 0 Å². The highest BCUT2D eigenvalue weighted by atomic mass is 16.5. The first-order chi connectivity index (χ1) is 13.7. The second-order valence-electron chi connectivity index (χ2n) is 5.60. The molecular weight excluding hydrogens is 362 g/mol. The molecular formula is C18H21N7O3. The molecule has 10 nitrogen and oxygen atoms in total. The lowest BCUT2D eigenvalue weighted by Crippen LogP contribution is -2.32. The maximum Gasteiger partial charge on any atom is 0.319 e. The van der Waals surface area contributed by atoms with Gasteiger partial charge in [0.05, 0.1) is 14.2 Å². The SMILES string of the molecule is COc1ccc(NC(=O)NCCNc2ccc(-n3cccn3)nn2)cc1OC. The molecule has 0 spiro atoms. The summed E-state index contributed by atoms with van der Waals surface area (Å²) in [5, 5.41) is 20.8. The maximum atomic E-state index is 12.0. The summed E-state index contributed by atoms with van der Waals surface area (Å²) in [5.41, 5.74) is 0.600. The standard InChI is InChI=1S/C18H21N7O3/c1-27-14-5-4-13(12-15(14)28-2)22-18(26)20-10-9-19-16-6-7-17(24-23-16)25-11-3-8-21-25/h3-8,11-12H,9-10H2,1-2H3,(H,19,23)(H2,20,22,26). The highest BCUT2D eigenvalue weighted by Gasteiger charge is 2.07. The molecule has 10 heteroatoms. The highest BCUT2D eigenvalue weighted by molar-refractivity contribution is 5.89. The topological polar surface area (TPSA) is 115 Å². The highest BCUT2D eigenvalue weighted by Crippen LogP contribution is 2.29. The first kappa shape index (κ1) is 19.0. The summed E-state index contributed by atoms with van der Waals surface area (Å²) in [4.78, 5) is 12.0. The van der Waals surface area contributed by atoms with E-state index in [-0.39, 0.29) is 6.03 Å². The number of ether oxygens (including phenoxy) is 2. The predicted molar refractivity (Wildman–Crippen MR) is 104 cm³/mol. The Balaban J connectivity index is 1.42. The summed E-state index contributed by atoms with van der Waals surface area (Å²) < 4.78 is 12.0. The Bertz CT molecular complexity index is 898. The Morgan fingerprint density at radius 1 is 1.07 bits per heavy atom. The summed E-state index contributed by atoms with van der Waals surface area (Å²) >= 11 is 0. The fraction of sp³-hybridized carbons (Fsp3) is 0.222. The van der Waals surface area contributed by atoms with Crippen molar-refractivity contribution in [3.8, 4) is 17.3 Å². The van der Waals surface area contributed by atoms with E-state index in [2.05, 4.69) is 31.2 Å². The minimum absolute atomic E-state index is 0.325. The normalized spacial score (nSPS) is 10.2. The minimum atomic E-state index is -0.325. The molecule has 28 heavy (non-hydrogen) atoms. The van der Waals surface area contributed by atoms with Gasteiger partial charge in [-0.3, -0.25) is 0 Å². The summed E-state index contributed by atoms with van der Waals surface area (Å²) in [7, 11) is 3.10. The molecule has 1 aromatic carbocycles. The van der Waals surface area contributed by atoms with Gasteiger partial charge in [-0.2, -0.15) is 5.10 Å². The number of benzene rings is 1. The third kappa shape index (κ3) is 4.87. The number of carbonyl (C=O) groups excluding carboxylic acids is 1. The lowest BCUT2D eigenvalue weighted by atomic mass is 10.3.